The van der Waals surface area contributed by atoms with Crippen molar-refractivity contribution in [2.45, 2.75) is 122 Å². The largest absolute Gasteiger partial charge is 0.590 e. The van der Waals surface area contributed by atoms with Gasteiger partial charge in [-0.2, -0.15) is 0 Å². The molecule has 2 unspecified atom stereocenters. The molecule has 0 rings (SSSR count). The normalized spacial score (nSPS) is 15.1. The fraction of sp³-hybridized carbons (Fsp3) is 0.917. The minimum Gasteiger partial charge on any atom is -0.590 e. The van der Waals surface area contributed by atoms with Crippen molar-refractivity contribution >= 4 is 8.03 Å². The van der Waals surface area contributed by atoms with Gasteiger partial charge in [-0.05, 0) is 38.5 Å². The number of rotatable bonds is 19. The molecule has 0 aliphatic carbocycles. The van der Waals surface area contributed by atoms with Crippen molar-refractivity contribution in [1.82, 2.24) is 0 Å². The lowest BCUT2D eigenvalue weighted by Crippen LogP contribution is -2.55. The molecule has 0 bridgehead atoms. The molecule has 0 aromatic heterocycles. The standard InChI is InChI=1S/C24H49NO2P/c1-6-8-9-10-11-12-13-14-15-16-17-18-19-20-21-23-24(22-7-2,28(26)27)25(3,4)5/h14-15H,6-13,16-23H2,1-5H3/q+1. The van der Waals surface area contributed by atoms with E-state index in [-0.39, 0.29) is 0 Å². The number of nitrogens with zero attached hydrogens (tertiary/aromatic N) is 1. The zero-order valence-electron chi connectivity index (χ0n) is 19.7. The van der Waals surface area contributed by atoms with E-state index in [1.807, 2.05) is 21.1 Å². The maximum Gasteiger partial charge on any atom is 0.376 e. The molecule has 4 heteroatoms. The fourth-order valence-electron chi connectivity index (χ4n) is 4.10. The summed E-state index contributed by atoms with van der Waals surface area (Å²) in [6, 6.07) is 0. The first-order chi connectivity index (χ1) is 13.3. The van der Waals surface area contributed by atoms with Gasteiger partial charge in [-0.15, -0.1) is 0 Å². The number of unbranched alkanes of at least 4 members (excludes halogenated alkanes) is 11. The SMILES string of the molecule is CCCCCCCCC=CCCCCCCCC(CCC)([P+](=O)[O-])[N+](C)(C)C. The summed E-state index contributed by atoms with van der Waals surface area (Å²) in [5.74, 6) is 0. The monoisotopic (exact) mass is 414 g/mol. The Bertz CT molecular complexity index is 417. The van der Waals surface area contributed by atoms with Crippen LogP contribution in [0.5, 0.6) is 0 Å². The minimum absolute atomic E-state index is 0.517. The fourth-order valence-corrected chi connectivity index (χ4v) is 5.34. The lowest BCUT2D eigenvalue weighted by Gasteiger charge is -2.39. The van der Waals surface area contributed by atoms with Crippen LogP contribution in [0.25, 0.3) is 0 Å². The van der Waals surface area contributed by atoms with Gasteiger partial charge in [0.1, 0.15) is 0 Å². The van der Waals surface area contributed by atoms with Crippen LogP contribution in [0.4, 0.5) is 0 Å². The summed E-state index contributed by atoms with van der Waals surface area (Å²) in [7, 11) is 3.66. The molecule has 3 nitrogen and oxygen atoms in total. The Morgan fingerprint density at radius 2 is 1.18 bits per heavy atom. The third-order valence-electron chi connectivity index (χ3n) is 6.08. The number of hydrogen-bond donors (Lipinski definition) is 0. The molecule has 0 aromatic carbocycles. The van der Waals surface area contributed by atoms with Crippen LogP contribution in [0.3, 0.4) is 0 Å². The Hall–Kier alpha value is -0.240. The predicted molar refractivity (Wildman–Crippen MR) is 123 cm³/mol. The highest BCUT2D eigenvalue weighted by Crippen LogP contribution is 2.45. The van der Waals surface area contributed by atoms with Gasteiger partial charge >= 0.3 is 8.03 Å². The van der Waals surface area contributed by atoms with Gasteiger partial charge in [0.2, 0.25) is 0 Å². The molecule has 0 amide bonds. The van der Waals surface area contributed by atoms with Crippen LogP contribution in [-0.2, 0) is 4.57 Å². The number of quaternary nitrogens is 1. The van der Waals surface area contributed by atoms with Crippen LogP contribution in [0, 0.1) is 0 Å². The summed E-state index contributed by atoms with van der Waals surface area (Å²) in [5.41, 5.74) is 0. The van der Waals surface area contributed by atoms with E-state index in [0.717, 1.165) is 32.1 Å². The molecule has 28 heavy (non-hydrogen) atoms. The highest BCUT2D eigenvalue weighted by molar-refractivity contribution is 7.38. The first kappa shape index (κ1) is 27.8. The van der Waals surface area contributed by atoms with Crippen molar-refractivity contribution in [3.8, 4) is 0 Å². The first-order valence-electron chi connectivity index (χ1n) is 11.9. The molecular weight excluding hydrogens is 365 g/mol. The first-order valence-corrected chi connectivity index (χ1v) is 13.1. The maximum absolute atomic E-state index is 12.1. The van der Waals surface area contributed by atoms with Crippen molar-refractivity contribution in [2.75, 3.05) is 21.1 Å². The summed E-state index contributed by atoms with van der Waals surface area (Å²) in [4.78, 5) is 12.1. The Morgan fingerprint density at radius 1 is 0.714 bits per heavy atom. The van der Waals surface area contributed by atoms with E-state index in [2.05, 4.69) is 26.0 Å². The van der Waals surface area contributed by atoms with Gasteiger partial charge in [0, 0.05) is 12.8 Å². The average molecular weight is 415 g/mol. The second kappa shape index (κ2) is 16.5. The Kier molecular flexibility index (Phi) is 16.4. The third-order valence-corrected chi connectivity index (χ3v) is 7.80. The van der Waals surface area contributed by atoms with Gasteiger partial charge in [-0.1, -0.05) is 81.9 Å². The van der Waals surface area contributed by atoms with Crippen LogP contribution in [0.1, 0.15) is 117 Å². The molecule has 0 fully saturated rings. The molecule has 0 radical (unpaired) electrons. The highest BCUT2D eigenvalue weighted by Gasteiger charge is 2.53. The van der Waals surface area contributed by atoms with Gasteiger partial charge in [0.15, 0.2) is 0 Å². The van der Waals surface area contributed by atoms with E-state index in [9.17, 15) is 9.46 Å². The smallest absolute Gasteiger partial charge is 0.376 e. The zero-order chi connectivity index (χ0) is 21.3. The molecule has 0 aromatic rings. The zero-order valence-corrected chi connectivity index (χ0v) is 20.6. The van der Waals surface area contributed by atoms with Crippen LogP contribution < -0.4 is 4.89 Å². The second-order valence-corrected chi connectivity index (χ2v) is 10.7. The molecule has 166 valence electrons. The number of hydrogen-bond acceptors (Lipinski definition) is 2. The molecule has 0 N–H and O–H groups in total. The summed E-state index contributed by atoms with van der Waals surface area (Å²) in [6.07, 6.45) is 23.8. The van der Waals surface area contributed by atoms with E-state index in [1.165, 1.54) is 70.6 Å². The van der Waals surface area contributed by atoms with E-state index in [4.69, 9.17) is 0 Å². The van der Waals surface area contributed by atoms with Crippen LogP contribution in [0.2, 0.25) is 0 Å². The lowest BCUT2D eigenvalue weighted by molar-refractivity contribution is -0.910. The topological polar surface area (TPSA) is 40.1 Å². The summed E-state index contributed by atoms with van der Waals surface area (Å²) >= 11 is 0. The molecule has 2 atom stereocenters. The molecule has 0 saturated heterocycles. The van der Waals surface area contributed by atoms with Crippen LogP contribution in [-0.4, -0.2) is 30.9 Å². The Labute approximate surface area is 177 Å². The molecule has 0 saturated carbocycles. The van der Waals surface area contributed by atoms with E-state index in [1.54, 1.807) is 0 Å². The summed E-state index contributed by atoms with van der Waals surface area (Å²) < 4.78 is 12.6. The minimum atomic E-state index is -2.42. The maximum atomic E-state index is 12.1. The van der Waals surface area contributed by atoms with Gasteiger partial charge in [-0.25, -0.2) is 0 Å². The summed E-state index contributed by atoms with van der Waals surface area (Å²) in [5, 5.41) is -0.594. The molecular formula is C24H49NO2P+. The van der Waals surface area contributed by atoms with Crippen LogP contribution >= 0.6 is 8.03 Å². The van der Waals surface area contributed by atoms with Gasteiger partial charge in [0.05, 0.1) is 21.1 Å². The second-order valence-electron chi connectivity index (χ2n) is 9.34. The Balaban J connectivity index is 3.82. The molecule has 0 heterocycles. The third kappa shape index (κ3) is 11.7. The molecule has 0 aliphatic rings. The van der Waals surface area contributed by atoms with Crippen molar-refractivity contribution in [3.63, 3.8) is 0 Å². The van der Waals surface area contributed by atoms with Gasteiger partial charge in [0.25, 0.3) is 5.28 Å². The summed E-state index contributed by atoms with van der Waals surface area (Å²) in [6.45, 7) is 4.35. The van der Waals surface area contributed by atoms with E-state index < -0.39 is 13.3 Å². The van der Waals surface area contributed by atoms with Crippen molar-refractivity contribution in [1.29, 1.82) is 0 Å². The number of allylic oxidation sites excluding steroid dienone is 2. The van der Waals surface area contributed by atoms with Crippen molar-refractivity contribution < 1.29 is 13.9 Å². The van der Waals surface area contributed by atoms with Crippen molar-refractivity contribution in [3.05, 3.63) is 12.2 Å². The van der Waals surface area contributed by atoms with E-state index >= 15 is 0 Å². The lowest BCUT2D eigenvalue weighted by atomic mass is 9.99. The quantitative estimate of drug-likeness (QED) is 0.0960. The van der Waals surface area contributed by atoms with Crippen molar-refractivity contribution in [2.24, 2.45) is 0 Å². The van der Waals surface area contributed by atoms with Crippen LogP contribution in [0.15, 0.2) is 12.2 Å². The highest BCUT2D eigenvalue weighted by atomic mass is 31.1. The Morgan fingerprint density at radius 3 is 1.61 bits per heavy atom. The van der Waals surface area contributed by atoms with E-state index in [0.29, 0.717) is 4.48 Å². The molecule has 0 aliphatic heterocycles. The van der Waals surface area contributed by atoms with Gasteiger partial charge in [-0.3, -0.25) is 4.48 Å². The van der Waals surface area contributed by atoms with Gasteiger partial charge < -0.3 is 4.89 Å². The average Bonchev–Trinajstić information content (AvgIpc) is 2.62. The predicted octanol–water partition coefficient (Wildman–Crippen LogP) is 7.33. The molecule has 0 spiro atoms.